The smallest absolute Gasteiger partial charge is 0.125 e. The molecule has 0 bridgehead atoms. The third-order valence-corrected chi connectivity index (χ3v) is 4.07. The van der Waals surface area contributed by atoms with Crippen molar-refractivity contribution in [2.45, 2.75) is 45.1 Å². The van der Waals surface area contributed by atoms with Crippen LogP contribution in [0.1, 0.15) is 45.1 Å². The van der Waals surface area contributed by atoms with Crippen molar-refractivity contribution >= 4 is 0 Å². The Hall–Kier alpha value is -1.06. The molecule has 0 spiro atoms. The van der Waals surface area contributed by atoms with E-state index in [1.165, 1.54) is 6.42 Å². The zero-order chi connectivity index (χ0) is 14.4. The number of ether oxygens (including phenoxy) is 1. The predicted molar refractivity (Wildman–Crippen MR) is 82.1 cm³/mol. The van der Waals surface area contributed by atoms with Gasteiger partial charge in [0.05, 0.1) is 12.2 Å². The number of likely N-dealkylation sites (tertiary alicyclic amines) is 1. The van der Waals surface area contributed by atoms with Crippen LogP contribution in [0.4, 0.5) is 0 Å². The molecule has 0 saturated carbocycles. The SMILES string of the molecule is CCCOc1ccccc1C1(O)CCN(CCC)CC1. The van der Waals surface area contributed by atoms with Crippen LogP contribution < -0.4 is 4.74 Å². The van der Waals surface area contributed by atoms with Crippen LogP contribution in [0.15, 0.2) is 24.3 Å². The van der Waals surface area contributed by atoms with Gasteiger partial charge in [-0.25, -0.2) is 0 Å². The average Bonchev–Trinajstić information content (AvgIpc) is 2.48. The molecule has 1 N–H and O–H groups in total. The Bertz CT molecular complexity index is 411. The van der Waals surface area contributed by atoms with Gasteiger partial charge in [-0.05, 0) is 38.3 Å². The molecule has 1 saturated heterocycles. The van der Waals surface area contributed by atoms with Crippen molar-refractivity contribution in [3.63, 3.8) is 0 Å². The highest BCUT2D eigenvalue weighted by atomic mass is 16.5. The van der Waals surface area contributed by atoms with Gasteiger partial charge in [0, 0.05) is 18.7 Å². The fourth-order valence-electron chi connectivity index (χ4n) is 2.92. The highest BCUT2D eigenvalue weighted by Crippen LogP contribution is 2.38. The van der Waals surface area contributed by atoms with Crippen molar-refractivity contribution in [2.75, 3.05) is 26.2 Å². The van der Waals surface area contributed by atoms with Crippen LogP contribution >= 0.6 is 0 Å². The van der Waals surface area contributed by atoms with Crippen LogP contribution in [-0.4, -0.2) is 36.2 Å². The summed E-state index contributed by atoms with van der Waals surface area (Å²) < 4.78 is 5.81. The summed E-state index contributed by atoms with van der Waals surface area (Å²) in [6, 6.07) is 7.95. The van der Waals surface area contributed by atoms with E-state index in [1.54, 1.807) is 0 Å². The van der Waals surface area contributed by atoms with E-state index >= 15 is 0 Å². The first-order chi connectivity index (χ1) is 9.69. The Kier molecular flexibility index (Phi) is 5.44. The molecule has 1 heterocycles. The van der Waals surface area contributed by atoms with Crippen molar-refractivity contribution in [3.05, 3.63) is 29.8 Å². The van der Waals surface area contributed by atoms with Crippen molar-refractivity contribution < 1.29 is 9.84 Å². The lowest BCUT2D eigenvalue weighted by Gasteiger charge is -2.39. The molecule has 0 aromatic heterocycles. The monoisotopic (exact) mass is 277 g/mol. The lowest BCUT2D eigenvalue weighted by atomic mass is 9.84. The van der Waals surface area contributed by atoms with Crippen LogP contribution in [0.3, 0.4) is 0 Å². The van der Waals surface area contributed by atoms with Gasteiger partial charge >= 0.3 is 0 Å². The number of nitrogens with zero attached hydrogens (tertiary/aromatic N) is 1. The average molecular weight is 277 g/mol. The number of hydrogen-bond donors (Lipinski definition) is 1. The van der Waals surface area contributed by atoms with E-state index in [0.29, 0.717) is 6.61 Å². The molecular weight excluding hydrogens is 250 g/mol. The molecule has 20 heavy (non-hydrogen) atoms. The standard InChI is InChI=1S/C17H27NO2/c1-3-11-18-12-9-17(19,10-13-18)15-7-5-6-8-16(15)20-14-4-2/h5-8,19H,3-4,9-14H2,1-2H3. The summed E-state index contributed by atoms with van der Waals surface area (Å²) in [5.41, 5.74) is 0.235. The van der Waals surface area contributed by atoms with Gasteiger partial charge in [-0.15, -0.1) is 0 Å². The maximum Gasteiger partial charge on any atom is 0.125 e. The molecule has 2 rings (SSSR count). The third-order valence-electron chi connectivity index (χ3n) is 4.07. The molecule has 0 radical (unpaired) electrons. The summed E-state index contributed by atoms with van der Waals surface area (Å²) in [5, 5.41) is 11.0. The Morgan fingerprint density at radius 1 is 1.15 bits per heavy atom. The number of piperidine rings is 1. The first-order valence-corrected chi connectivity index (χ1v) is 7.86. The molecule has 0 amide bonds. The summed E-state index contributed by atoms with van der Waals surface area (Å²) in [4.78, 5) is 2.43. The van der Waals surface area contributed by atoms with E-state index in [2.05, 4.69) is 18.7 Å². The van der Waals surface area contributed by atoms with E-state index in [-0.39, 0.29) is 0 Å². The van der Waals surface area contributed by atoms with Gasteiger partial charge in [0.15, 0.2) is 0 Å². The van der Waals surface area contributed by atoms with Gasteiger partial charge in [0.1, 0.15) is 5.75 Å². The second kappa shape index (κ2) is 7.09. The third kappa shape index (κ3) is 3.53. The Morgan fingerprint density at radius 2 is 1.85 bits per heavy atom. The van der Waals surface area contributed by atoms with Crippen LogP contribution in [0.25, 0.3) is 0 Å². The van der Waals surface area contributed by atoms with E-state index in [0.717, 1.165) is 50.2 Å². The number of hydrogen-bond acceptors (Lipinski definition) is 3. The number of aliphatic hydroxyl groups is 1. The largest absolute Gasteiger partial charge is 0.493 e. The van der Waals surface area contributed by atoms with Gasteiger partial charge < -0.3 is 14.7 Å². The zero-order valence-corrected chi connectivity index (χ0v) is 12.8. The van der Waals surface area contributed by atoms with Crippen molar-refractivity contribution in [1.82, 2.24) is 4.90 Å². The number of benzene rings is 1. The molecule has 1 fully saturated rings. The van der Waals surface area contributed by atoms with Crippen LogP contribution in [0, 0.1) is 0 Å². The summed E-state index contributed by atoms with van der Waals surface area (Å²) >= 11 is 0. The van der Waals surface area contributed by atoms with Gasteiger partial charge in [0.2, 0.25) is 0 Å². The van der Waals surface area contributed by atoms with E-state index in [9.17, 15) is 5.11 Å². The van der Waals surface area contributed by atoms with E-state index < -0.39 is 5.60 Å². The van der Waals surface area contributed by atoms with Crippen LogP contribution in [0.5, 0.6) is 5.75 Å². The maximum absolute atomic E-state index is 11.0. The molecule has 1 aromatic rings. The van der Waals surface area contributed by atoms with Crippen molar-refractivity contribution in [1.29, 1.82) is 0 Å². The topological polar surface area (TPSA) is 32.7 Å². The highest BCUT2D eigenvalue weighted by molar-refractivity contribution is 5.38. The Labute approximate surface area is 122 Å². The minimum Gasteiger partial charge on any atom is -0.493 e. The van der Waals surface area contributed by atoms with Crippen molar-refractivity contribution in [2.24, 2.45) is 0 Å². The Morgan fingerprint density at radius 3 is 2.50 bits per heavy atom. The van der Waals surface area contributed by atoms with Gasteiger partial charge in [-0.1, -0.05) is 32.0 Å². The molecule has 0 atom stereocenters. The van der Waals surface area contributed by atoms with Gasteiger partial charge in [-0.3, -0.25) is 0 Å². The molecule has 0 unspecified atom stereocenters. The van der Waals surface area contributed by atoms with E-state index in [4.69, 9.17) is 4.74 Å². The quantitative estimate of drug-likeness (QED) is 0.867. The minimum atomic E-state index is -0.728. The summed E-state index contributed by atoms with van der Waals surface area (Å²) in [6.07, 6.45) is 3.74. The first kappa shape index (κ1) is 15.3. The number of rotatable bonds is 6. The maximum atomic E-state index is 11.0. The summed E-state index contributed by atoms with van der Waals surface area (Å²) in [7, 11) is 0. The molecule has 112 valence electrons. The molecule has 3 heteroatoms. The molecule has 1 aliphatic rings. The Balaban J connectivity index is 2.10. The molecular formula is C17H27NO2. The fraction of sp³-hybridized carbons (Fsp3) is 0.647. The lowest BCUT2D eigenvalue weighted by molar-refractivity contribution is -0.0276. The predicted octanol–water partition coefficient (Wildman–Crippen LogP) is 3.17. The fourth-order valence-corrected chi connectivity index (χ4v) is 2.92. The van der Waals surface area contributed by atoms with E-state index in [1.807, 2.05) is 24.3 Å². The van der Waals surface area contributed by atoms with Gasteiger partial charge in [-0.2, -0.15) is 0 Å². The first-order valence-electron chi connectivity index (χ1n) is 7.86. The minimum absolute atomic E-state index is 0.703. The second-order valence-corrected chi connectivity index (χ2v) is 5.72. The molecule has 0 aliphatic carbocycles. The zero-order valence-electron chi connectivity index (χ0n) is 12.8. The highest BCUT2D eigenvalue weighted by Gasteiger charge is 2.35. The van der Waals surface area contributed by atoms with Crippen molar-refractivity contribution in [3.8, 4) is 5.75 Å². The lowest BCUT2D eigenvalue weighted by Crippen LogP contribution is -2.43. The van der Waals surface area contributed by atoms with Gasteiger partial charge in [0.25, 0.3) is 0 Å². The molecule has 3 nitrogen and oxygen atoms in total. The molecule has 1 aliphatic heterocycles. The molecule has 1 aromatic carbocycles. The summed E-state index contributed by atoms with van der Waals surface area (Å²) in [6.45, 7) is 8.06. The second-order valence-electron chi connectivity index (χ2n) is 5.72. The summed E-state index contributed by atoms with van der Waals surface area (Å²) in [5.74, 6) is 0.848. The normalized spacial score (nSPS) is 18.9. The van der Waals surface area contributed by atoms with Crippen LogP contribution in [0.2, 0.25) is 0 Å². The number of para-hydroxylation sites is 1. The van der Waals surface area contributed by atoms with Crippen LogP contribution in [-0.2, 0) is 5.60 Å².